The van der Waals surface area contributed by atoms with Gasteiger partial charge in [-0.15, -0.1) is 0 Å². The first-order chi connectivity index (χ1) is 6.29. The number of aliphatic hydroxyl groups is 1. The highest BCUT2D eigenvalue weighted by Gasteiger charge is 2.16. The number of allylic oxidation sites excluding steroid dienone is 1. The van der Waals surface area contributed by atoms with Crippen LogP contribution in [0.1, 0.15) is 17.7 Å². The highest BCUT2D eigenvalue weighted by Crippen LogP contribution is 2.32. The van der Waals surface area contributed by atoms with E-state index in [4.69, 9.17) is 4.74 Å². The van der Waals surface area contributed by atoms with Crippen molar-refractivity contribution in [2.45, 2.75) is 18.9 Å². The molecule has 1 aliphatic rings. The van der Waals surface area contributed by atoms with Gasteiger partial charge in [0.15, 0.2) is 0 Å². The molecule has 0 fully saturated rings. The summed E-state index contributed by atoms with van der Waals surface area (Å²) in [6.45, 7) is 0. The van der Waals surface area contributed by atoms with Crippen LogP contribution in [-0.4, -0.2) is 22.7 Å². The highest BCUT2D eigenvalue weighted by molar-refractivity contribution is 7.07. The van der Waals surface area contributed by atoms with Gasteiger partial charge in [-0.2, -0.15) is 4.37 Å². The predicted molar refractivity (Wildman–Crippen MR) is 51.9 cm³/mol. The molecule has 0 saturated heterocycles. The molecule has 1 aromatic rings. The highest BCUT2D eigenvalue weighted by atomic mass is 32.1. The van der Waals surface area contributed by atoms with E-state index in [2.05, 4.69) is 4.37 Å². The van der Waals surface area contributed by atoms with Crippen molar-refractivity contribution in [1.82, 2.24) is 4.37 Å². The maximum Gasteiger partial charge on any atom is 0.225 e. The molecule has 1 N–H and O–H groups in total. The fourth-order valence-electron chi connectivity index (χ4n) is 1.41. The number of hydrogen-bond donors (Lipinski definition) is 1. The zero-order chi connectivity index (χ0) is 9.26. The largest absolute Gasteiger partial charge is 0.480 e. The fourth-order valence-corrected chi connectivity index (χ4v) is 2.17. The second-order valence-electron chi connectivity index (χ2n) is 3.03. The fraction of sp³-hybridized carbons (Fsp3) is 0.444. The van der Waals surface area contributed by atoms with E-state index in [1.54, 1.807) is 7.11 Å². The Morgan fingerprint density at radius 2 is 2.54 bits per heavy atom. The summed E-state index contributed by atoms with van der Waals surface area (Å²) in [7, 11) is 1.61. The van der Waals surface area contributed by atoms with E-state index in [0.29, 0.717) is 5.88 Å². The van der Waals surface area contributed by atoms with Crippen molar-refractivity contribution in [3.05, 3.63) is 17.0 Å². The second-order valence-corrected chi connectivity index (χ2v) is 3.84. The second kappa shape index (κ2) is 3.47. The first kappa shape index (κ1) is 8.72. The van der Waals surface area contributed by atoms with E-state index in [1.165, 1.54) is 17.1 Å². The molecule has 0 amide bonds. The molecular weight excluding hydrogens is 186 g/mol. The molecule has 0 radical (unpaired) electrons. The average molecular weight is 197 g/mol. The van der Waals surface area contributed by atoms with Crippen molar-refractivity contribution in [2.75, 3.05) is 7.11 Å². The van der Waals surface area contributed by atoms with Gasteiger partial charge >= 0.3 is 0 Å². The van der Waals surface area contributed by atoms with Gasteiger partial charge in [-0.05, 0) is 29.9 Å². The van der Waals surface area contributed by atoms with Crippen LogP contribution >= 0.6 is 11.5 Å². The third-order valence-electron chi connectivity index (χ3n) is 2.12. The van der Waals surface area contributed by atoms with E-state index in [1.807, 2.05) is 12.1 Å². The molecule has 1 atom stereocenters. The minimum atomic E-state index is -0.275. The van der Waals surface area contributed by atoms with Crippen LogP contribution < -0.4 is 4.74 Å². The van der Waals surface area contributed by atoms with Crippen LogP contribution in [-0.2, 0) is 0 Å². The number of methoxy groups -OCH3 is 1. The Morgan fingerprint density at radius 1 is 1.69 bits per heavy atom. The van der Waals surface area contributed by atoms with Crippen LogP contribution in [0.3, 0.4) is 0 Å². The number of hydrogen-bond acceptors (Lipinski definition) is 4. The van der Waals surface area contributed by atoms with E-state index in [9.17, 15) is 5.11 Å². The maximum absolute atomic E-state index is 9.30. The van der Waals surface area contributed by atoms with Gasteiger partial charge in [0.05, 0.1) is 18.1 Å². The Kier molecular flexibility index (Phi) is 2.33. The standard InChI is InChI=1S/C9H11NO2S/c1-12-9-5-8(13-10-9)6-2-3-7(11)4-6/h4-5,7,11H,2-3H2,1H3. The third-order valence-corrected chi connectivity index (χ3v) is 2.97. The van der Waals surface area contributed by atoms with Gasteiger partial charge in [-0.25, -0.2) is 0 Å². The molecule has 0 aliphatic heterocycles. The molecule has 0 aromatic carbocycles. The summed E-state index contributed by atoms with van der Waals surface area (Å²) in [5.74, 6) is 0.655. The van der Waals surface area contributed by atoms with Gasteiger partial charge in [0.1, 0.15) is 0 Å². The van der Waals surface area contributed by atoms with Crippen molar-refractivity contribution in [1.29, 1.82) is 0 Å². The summed E-state index contributed by atoms with van der Waals surface area (Å²) in [4.78, 5) is 1.11. The van der Waals surface area contributed by atoms with Crippen LogP contribution in [0, 0.1) is 0 Å². The molecule has 1 heterocycles. The normalized spacial score (nSPS) is 21.7. The summed E-state index contributed by atoms with van der Waals surface area (Å²) < 4.78 is 9.09. The van der Waals surface area contributed by atoms with E-state index in [-0.39, 0.29) is 6.10 Å². The molecule has 1 aliphatic carbocycles. The quantitative estimate of drug-likeness (QED) is 0.784. The summed E-state index contributed by atoms with van der Waals surface area (Å²) in [5, 5.41) is 9.30. The lowest BCUT2D eigenvalue weighted by molar-refractivity contribution is 0.223. The zero-order valence-electron chi connectivity index (χ0n) is 7.36. The maximum atomic E-state index is 9.30. The molecule has 0 spiro atoms. The topological polar surface area (TPSA) is 42.4 Å². The summed E-state index contributed by atoms with van der Waals surface area (Å²) in [6, 6.07) is 1.91. The lowest BCUT2D eigenvalue weighted by Crippen LogP contribution is -1.93. The third kappa shape index (κ3) is 1.73. The molecule has 13 heavy (non-hydrogen) atoms. The summed E-state index contributed by atoms with van der Waals surface area (Å²) in [6.07, 6.45) is 3.39. The van der Waals surface area contributed by atoms with Crippen molar-refractivity contribution >= 4 is 17.1 Å². The minimum Gasteiger partial charge on any atom is -0.480 e. The predicted octanol–water partition coefficient (Wildman–Crippen LogP) is 1.69. The Bertz CT molecular complexity index is 332. The monoisotopic (exact) mass is 197 g/mol. The first-order valence-electron chi connectivity index (χ1n) is 4.19. The molecular formula is C9H11NO2S. The molecule has 1 unspecified atom stereocenters. The average Bonchev–Trinajstić information content (AvgIpc) is 2.71. The van der Waals surface area contributed by atoms with Gasteiger partial charge in [0.25, 0.3) is 0 Å². The zero-order valence-corrected chi connectivity index (χ0v) is 8.17. The number of nitrogens with zero attached hydrogens (tertiary/aromatic N) is 1. The van der Waals surface area contributed by atoms with Crippen molar-refractivity contribution in [3.8, 4) is 5.88 Å². The Morgan fingerprint density at radius 3 is 3.08 bits per heavy atom. The molecule has 1 aromatic heterocycles. The van der Waals surface area contributed by atoms with Crippen LogP contribution in [0.15, 0.2) is 12.1 Å². The van der Waals surface area contributed by atoms with Crippen LogP contribution in [0.4, 0.5) is 0 Å². The van der Waals surface area contributed by atoms with Gasteiger partial charge in [0.2, 0.25) is 5.88 Å². The van der Waals surface area contributed by atoms with Crippen LogP contribution in [0.2, 0.25) is 0 Å². The first-order valence-corrected chi connectivity index (χ1v) is 4.97. The lowest BCUT2D eigenvalue weighted by atomic mass is 10.2. The number of rotatable bonds is 2. The lowest BCUT2D eigenvalue weighted by Gasteiger charge is -1.92. The van der Waals surface area contributed by atoms with Crippen molar-refractivity contribution in [3.63, 3.8) is 0 Å². The van der Waals surface area contributed by atoms with E-state index in [0.717, 1.165) is 17.7 Å². The number of aromatic nitrogens is 1. The van der Waals surface area contributed by atoms with E-state index < -0.39 is 0 Å². The summed E-state index contributed by atoms with van der Waals surface area (Å²) >= 11 is 1.42. The molecule has 0 saturated carbocycles. The Balaban J connectivity index is 2.21. The van der Waals surface area contributed by atoms with Crippen molar-refractivity contribution < 1.29 is 9.84 Å². The molecule has 3 nitrogen and oxygen atoms in total. The molecule has 2 rings (SSSR count). The van der Waals surface area contributed by atoms with Gasteiger partial charge < -0.3 is 9.84 Å². The Hall–Kier alpha value is -0.870. The van der Waals surface area contributed by atoms with E-state index >= 15 is 0 Å². The Labute approximate surface area is 80.8 Å². The molecule has 0 bridgehead atoms. The van der Waals surface area contributed by atoms with Crippen molar-refractivity contribution in [2.24, 2.45) is 0 Å². The molecule has 4 heteroatoms. The SMILES string of the molecule is COc1cc(C2=CC(O)CC2)sn1. The number of ether oxygens (including phenoxy) is 1. The van der Waals surface area contributed by atoms with Gasteiger partial charge in [-0.3, -0.25) is 0 Å². The number of aliphatic hydroxyl groups excluding tert-OH is 1. The smallest absolute Gasteiger partial charge is 0.225 e. The van der Waals surface area contributed by atoms with Crippen LogP contribution in [0.25, 0.3) is 5.57 Å². The van der Waals surface area contributed by atoms with Gasteiger partial charge in [0, 0.05) is 6.07 Å². The summed E-state index contributed by atoms with van der Waals surface area (Å²) in [5.41, 5.74) is 1.19. The minimum absolute atomic E-state index is 0.275. The van der Waals surface area contributed by atoms with Gasteiger partial charge in [-0.1, -0.05) is 6.08 Å². The van der Waals surface area contributed by atoms with Crippen LogP contribution in [0.5, 0.6) is 5.88 Å². The molecule has 70 valence electrons.